The van der Waals surface area contributed by atoms with Crippen molar-refractivity contribution in [3.8, 4) is 5.75 Å². The van der Waals surface area contributed by atoms with Gasteiger partial charge in [-0.3, -0.25) is 29.8 Å². The highest BCUT2D eigenvalue weighted by atomic mass is 35.5. The molecule has 2 amide bonds. The number of hydrazine groups is 1. The van der Waals surface area contributed by atoms with E-state index in [4.69, 9.17) is 27.9 Å². The predicted molar refractivity (Wildman–Crippen MR) is 121 cm³/mol. The van der Waals surface area contributed by atoms with Gasteiger partial charge in [-0.15, -0.1) is 0 Å². The van der Waals surface area contributed by atoms with Crippen LogP contribution in [0.3, 0.4) is 0 Å². The third-order valence-corrected chi connectivity index (χ3v) is 5.11. The number of halogens is 2. The summed E-state index contributed by atoms with van der Waals surface area (Å²) in [7, 11) is 0. The first-order valence-electron chi connectivity index (χ1n) is 9.74. The first-order chi connectivity index (χ1) is 15.3. The van der Waals surface area contributed by atoms with Gasteiger partial charge in [-0.05, 0) is 49.7 Å². The summed E-state index contributed by atoms with van der Waals surface area (Å²) >= 11 is 11.8. The Morgan fingerprint density at radius 1 is 1.09 bits per heavy atom. The third kappa shape index (κ3) is 5.49. The van der Waals surface area contributed by atoms with E-state index in [9.17, 15) is 19.2 Å². The summed E-state index contributed by atoms with van der Waals surface area (Å²) in [5, 5.41) is 1.15. The minimum Gasteiger partial charge on any atom is -0.492 e. The number of amides is 2. The zero-order valence-corrected chi connectivity index (χ0v) is 18.5. The van der Waals surface area contributed by atoms with Gasteiger partial charge in [0.25, 0.3) is 11.5 Å². The molecule has 0 radical (unpaired) electrons. The van der Waals surface area contributed by atoms with Crippen molar-refractivity contribution in [1.82, 2.24) is 20.4 Å². The van der Waals surface area contributed by atoms with Gasteiger partial charge in [-0.1, -0.05) is 23.2 Å². The molecule has 0 aliphatic heterocycles. The third-order valence-electron chi connectivity index (χ3n) is 4.58. The maximum atomic E-state index is 12.3. The predicted octanol–water partition coefficient (Wildman–Crippen LogP) is 2.64. The SMILES string of the molecule is CCn1c(=O)[nH]c2cc(C(=O)NNC(=O)CCCOc3ccc(Cl)cc3Cl)ccc2c1=O. The largest absolute Gasteiger partial charge is 0.492 e. The summed E-state index contributed by atoms with van der Waals surface area (Å²) in [5.74, 6) is -0.543. The topological polar surface area (TPSA) is 122 Å². The number of nitrogens with one attached hydrogen (secondary N) is 3. The van der Waals surface area contributed by atoms with Gasteiger partial charge in [0.1, 0.15) is 5.75 Å². The molecule has 0 spiro atoms. The van der Waals surface area contributed by atoms with Crippen molar-refractivity contribution >= 4 is 45.9 Å². The van der Waals surface area contributed by atoms with Crippen LogP contribution in [0.2, 0.25) is 10.0 Å². The number of hydrogen-bond donors (Lipinski definition) is 3. The molecule has 0 aliphatic rings. The molecule has 0 saturated heterocycles. The van der Waals surface area contributed by atoms with E-state index in [-0.39, 0.29) is 36.0 Å². The lowest BCUT2D eigenvalue weighted by Gasteiger charge is -2.10. The van der Waals surface area contributed by atoms with E-state index in [0.717, 1.165) is 4.57 Å². The average Bonchev–Trinajstić information content (AvgIpc) is 2.76. The Balaban J connectivity index is 1.51. The van der Waals surface area contributed by atoms with Gasteiger partial charge in [-0.25, -0.2) is 4.79 Å². The van der Waals surface area contributed by atoms with Crippen molar-refractivity contribution in [2.24, 2.45) is 0 Å². The van der Waals surface area contributed by atoms with Crippen molar-refractivity contribution in [3.05, 3.63) is 72.8 Å². The lowest BCUT2D eigenvalue weighted by atomic mass is 10.1. The van der Waals surface area contributed by atoms with Crippen molar-refractivity contribution < 1.29 is 14.3 Å². The van der Waals surface area contributed by atoms with E-state index in [1.54, 1.807) is 25.1 Å². The average molecular weight is 479 g/mol. The lowest BCUT2D eigenvalue weighted by molar-refractivity contribution is -0.122. The Morgan fingerprint density at radius 2 is 1.88 bits per heavy atom. The molecule has 3 aromatic rings. The molecular formula is C21H20Cl2N4O5. The fraction of sp³-hybridized carbons (Fsp3) is 0.238. The molecule has 3 N–H and O–H groups in total. The molecule has 0 fully saturated rings. The zero-order chi connectivity index (χ0) is 23.3. The fourth-order valence-corrected chi connectivity index (χ4v) is 3.41. The van der Waals surface area contributed by atoms with Crippen LogP contribution in [-0.4, -0.2) is 28.0 Å². The number of fused-ring (bicyclic) bond motifs is 1. The Hall–Kier alpha value is -3.30. The van der Waals surface area contributed by atoms with Crippen molar-refractivity contribution in [3.63, 3.8) is 0 Å². The Kier molecular flexibility index (Phi) is 7.55. The molecule has 9 nitrogen and oxygen atoms in total. The quantitative estimate of drug-likeness (QED) is 0.355. The van der Waals surface area contributed by atoms with Gasteiger partial charge < -0.3 is 9.72 Å². The number of aromatic amines is 1. The van der Waals surface area contributed by atoms with E-state index < -0.39 is 23.1 Å². The molecule has 1 aromatic heterocycles. The van der Waals surface area contributed by atoms with Crippen LogP contribution < -0.4 is 26.8 Å². The molecule has 1 heterocycles. The Labute approximate surface area is 192 Å². The van der Waals surface area contributed by atoms with Gasteiger partial charge in [0.05, 0.1) is 22.5 Å². The highest BCUT2D eigenvalue weighted by Crippen LogP contribution is 2.27. The van der Waals surface area contributed by atoms with Gasteiger partial charge >= 0.3 is 5.69 Å². The first kappa shape index (κ1) is 23.4. The Bertz CT molecular complexity index is 1290. The number of benzene rings is 2. The van der Waals surface area contributed by atoms with Crippen molar-refractivity contribution in [2.75, 3.05) is 6.61 Å². The molecule has 0 atom stereocenters. The highest BCUT2D eigenvalue weighted by Gasteiger charge is 2.12. The second-order valence-corrected chi connectivity index (χ2v) is 7.61. The van der Waals surface area contributed by atoms with Gasteiger partial charge in [0.2, 0.25) is 5.91 Å². The van der Waals surface area contributed by atoms with E-state index in [0.29, 0.717) is 22.2 Å². The van der Waals surface area contributed by atoms with Crippen molar-refractivity contribution in [1.29, 1.82) is 0 Å². The van der Waals surface area contributed by atoms with E-state index in [1.165, 1.54) is 18.2 Å². The van der Waals surface area contributed by atoms with Crippen LogP contribution in [-0.2, 0) is 11.3 Å². The first-order valence-corrected chi connectivity index (χ1v) is 10.5. The maximum absolute atomic E-state index is 12.3. The van der Waals surface area contributed by atoms with Crippen LogP contribution in [0.4, 0.5) is 0 Å². The van der Waals surface area contributed by atoms with Crippen LogP contribution in [0, 0.1) is 0 Å². The summed E-state index contributed by atoms with van der Waals surface area (Å²) in [5.41, 5.74) is 4.02. The molecule has 0 bridgehead atoms. The monoisotopic (exact) mass is 478 g/mol. The number of ether oxygens (including phenoxy) is 1. The number of carbonyl (C=O) groups excluding carboxylic acids is 2. The van der Waals surface area contributed by atoms with Gasteiger partial charge in [0, 0.05) is 23.6 Å². The molecule has 2 aromatic carbocycles. The summed E-state index contributed by atoms with van der Waals surface area (Å²) in [6.07, 6.45) is 0.495. The smallest absolute Gasteiger partial charge is 0.328 e. The van der Waals surface area contributed by atoms with E-state index >= 15 is 0 Å². The maximum Gasteiger partial charge on any atom is 0.328 e. The molecule has 3 rings (SSSR count). The minimum atomic E-state index is -0.593. The van der Waals surface area contributed by atoms with E-state index in [2.05, 4.69) is 15.8 Å². The number of carbonyl (C=O) groups is 2. The van der Waals surface area contributed by atoms with Crippen LogP contribution in [0.15, 0.2) is 46.0 Å². The lowest BCUT2D eigenvalue weighted by Crippen LogP contribution is -2.41. The summed E-state index contributed by atoms with van der Waals surface area (Å²) in [4.78, 5) is 51.1. The van der Waals surface area contributed by atoms with Gasteiger partial charge in [0.15, 0.2) is 0 Å². The number of rotatable bonds is 7. The normalized spacial score (nSPS) is 10.7. The Morgan fingerprint density at radius 3 is 2.59 bits per heavy atom. The summed E-state index contributed by atoms with van der Waals surface area (Å²) in [6.45, 7) is 2.16. The highest BCUT2D eigenvalue weighted by molar-refractivity contribution is 6.35. The van der Waals surface area contributed by atoms with Crippen LogP contribution in [0.1, 0.15) is 30.1 Å². The number of nitrogens with zero attached hydrogens (tertiary/aromatic N) is 1. The standard InChI is InChI=1S/C21H20Cl2N4O5/c1-2-27-20(30)14-7-5-12(10-16(14)24-21(27)31)19(29)26-25-18(28)4-3-9-32-17-8-6-13(22)11-15(17)23/h5-8,10-11H,2-4,9H2,1H3,(H,24,31)(H,25,28)(H,26,29). The van der Waals surface area contributed by atoms with Crippen LogP contribution in [0.5, 0.6) is 5.75 Å². The molecule has 0 unspecified atom stereocenters. The van der Waals surface area contributed by atoms with Crippen LogP contribution >= 0.6 is 23.2 Å². The summed E-state index contributed by atoms with van der Waals surface area (Å²) in [6, 6.07) is 9.11. The molecule has 11 heteroatoms. The molecule has 0 aliphatic carbocycles. The number of hydrogen-bond acceptors (Lipinski definition) is 5. The second kappa shape index (κ2) is 10.3. The fourth-order valence-electron chi connectivity index (χ4n) is 2.95. The zero-order valence-electron chi connectivity index (χ0n) is 17.0. The van der Waals surface area contributed by atoms with Crippen LogP contribution in [0.25, 0.3) is 10.9 Å². The van der Waals surface area contributed by atoms with Crippen molar-refractivity contribution in [2.45, 2.75) is 26.3 Å². The molecule has 168 valence electrons. The number of aromatic nitrogens is 2. The number of H-pyrrole nitrogens is 1. The van der Waals surface area contributed by atoms with E-state index in [1.807, 2.05) is 0 Å². The summed E-state index contributed by atoms with van der Waals surface area (Å²) < 4.78 is 6.56. The minimum absolute atomic E-state index is 0.104. The molecular weight excluding hydrogens is 459 g/mol. The second-order valence-electron chi connectivity index (χ2n) is 6.77. The molecule has 32 heavy (non-hydrogen) atoms. The van der Waals surface area contributed by atoms with Gasteiger partial charge in [-0.2, -0.15) is 0 Å². The molecule has 0 saturated carbocycles.